The van der Waals surface area contributed by atoms with E-state index in [4.69, 9.17) is 9.47 Å². The van der Waals surface area contributed by atoms with Gasteiger partial charge >= 0.3 is 21.2 Å². The first kappa shape index (κ1) is 17.9. The molecule has 1 aliphatic heterocycles. The Balaban J connectivity index is 1.82. The highest BCUT2D eigenvalue weighted by molar-refractivity contribution is 5.11. The Morgan fingerprint density at radius 3 is 2.23 bits per heavy atom. The Kier molecular flexibility index (Phi) is 5.67. The van der Waals surface area contributed by atoms with Gasteiger partial charge in [-0.2, -0.15) is 0 Å². The second kappa shape index (κ2) is 6.97. The third-order valence-electron chi connectivity index (χ3n) is 4.23. The van der Waals surface area contributed by atoms with Crippen molar-refractivity contribution >= 4 is 0 Å². The van der Waals surface area contributed by atoms with E-state index in [0.717, 1.165) is 0 Å². The number of benzene rings is 1. The predicted molar refractivity (Wildman–Crippen MR) is 82.4 cm³/mol. The molecule has 0 spiro atoms. The Bertz CT molecular complexity index is 519. The van der Waals surface area contributed by atoms with E-state index in [1.807, 2.05) is 27.7 Å². The molecule has 1 aliphatic rings. The van der Waals surface area contributed by atoms with Crippen LogP contribution in [0.25, 0.3) is 0 Å². The summed E-state index contributed by atoms with van der Waals surface area (Å²) in [5.74, 6) is -0.0527. The highest BCUT2D eigenvalue weighted by Gasteiger charge is 2.48. The number of halogens is 2. The minimum Gasteiger partial charge on any atom is -0.344 e. The zero-order valence-corrected chi connectivity index (χ0v) is 16.1. The van der Waals surface area contributed by atoms with Crippen LogP contribution in [0, 0.1) is 10.5 Å². The first-order valence-electron chi connectivity index (χ1n) is 7.60. The molecule has 1 aromatic carbocycles. The standard InChI is InChI=1S/C18H25FIO2/c1-13-6-9-15(10-7-13)20-12-14(19)8-11-16-21-17(2,3)18(4,5)22-16/h6-7,9-10,12,16H,8,11H2,1-5H3/q+1/b14-12-. The highest BCUT2D eigenvalue weighted by Crippen LogP contribution is 2.39. The number of hydrogen-bond acceptors (Lipinski definition) is 2. The van der Waals surface area contributed by atoms with Crippen molar-refractivity contribution in [3.8, 4) is 0 Å². The first-order valence-corrected chi connectivity index (χ1v) is 9.92. The van der Waals surface area contributed by atoms with E-state index in [1.165, 1.54) is 9.13 Å². The van der Waals surface area contributed by atoms with E-state index in [9.17, 15) is 4.39 Å². The van der Waals surface area contributed by atoms with E-state index in [-0.39, 0.29) is 23.3 Å². The third kappa shape index (κ3) is 4.52. The zero-order valence-electron chi connectivity index (χ0n) is 14.0. The van der Waals surface area contributed by atoms with Crippen molar-refractivity contribution in [2.45, 2.75) is 65.0 Å². The summed E-state index contributed by atoms with van der Waals surface area (Å²) in [6.07, 6.45) is 0.622. The lowest BCUT2D eigenvalue weighted by molar-refractivity contribution is -0.558. The average molecular weight is 419 g/mol. The lowest BCUT2D eigenvalue weighted by atomic mass is 9.90. The molecule has 0 N–H and O–H groups in total. The van der Waals surface area contributed by atoms with Gasteiger partial charge in [0, 0.05) is 12.8 Å². The minimum absolute atomic E-state index is 0.0527. The summed E-state index contributed by atoms with van der Waals surface area (Å²) in [6.45, 7) is 10.1. The van der Waals surface area contributed by atoms with Gasteiger partial charge in [0.15, 0.2) is 13.9 Å². The van der Waals surface area contributed by atoms with Crippen LogP contribution in [-0.4, -0.2) is 17.5 Å². The number of hydrogen-bond donors (Lipinski definition) is 0. The van der Waals surface area contributed by atoms with Crippen molar-refractivity contribution < 1.29 is 35.1 Å². The molecular weight excluding hydrogens is 394 g/mol. The predicted octanol–water partition coefficient (Wildman–Crippen LogP) is 1.77. The van der Waals surface area contributed by atoms with Crippen molar-refractivity contribution in [1.82, 2.24) is 0 Å². The zero-order chi connectivity index (χ0) is 16.4. The van der Waals surface area contributed by atoms with Gasteiger partial charge in [-0.1, -0.05) is 17.7 Å². The van der Waals surface area contributed by atoms with Crippen molar-refractivity contribution in [3.63, 3.8) is 0 Å². The molecule has 122 valence electrons. The summed E-state index contributed by atoms with van der Waals surface area (Å²) >= 11 is -0.409. The van der Waals surface area contributed by atoms with Crippen molar-refractivity contribution in [2.24, 2.45) is 0 Å². The Labute approximate surface area is 143 Å². The van der Waals surface area contributed by atoms with Gasteiger partial charge < -0.3 is 9.47 Å². The van der Waals surface area contributed by atoms with Gasteiger partial charge in [0.2, 0.25) is 0 Å². The molecule has 0 saturated carbocycles. The second-order valence-corrected chi connectivity index (χ2v) is 9.18. The van der Waals surface area contributed by atoms with E-state index in [0.29, 0.717) is 12.8 Å². The fraction of sp³-hybridized carbons (Fsp3) is 0.556. The van der Waals surface area contributed by atoms with Crippen molar-refractivity contribution in [2.75, 3.05) is 0 Å². The number of allylic oxidation sites excluding steroid dienone is 1. The lowest BCUT2D eigenvalue weighted by Crippen LogP contribution is -3.59. The van der Waals surface area contributed by atoms with Crippen LogP contribution in [0.3, 0.4) is 0 Å². The molecule has 0 unspecified atom stereocenters. The summed E-state index contributed by atoms with van der Waals surface area (Å²) in [6, 6.07) is 8.32. The van der Waals surface area contributed by atoms with Gasteiger partial charge in [-0.3, -0.25) is 0 Å². The molecule has 0 radical (unpaired) electrons. The van der Waals surface area contributed by atoms with Crippen LogP contribution >= 0.6 is 0 Å². The van der Waals surface area contributed by atoms with Gasteiger partial charge in [0.1, 0.15) is 5.83 Å². The molecule has 0 amide bonds. The average Bonchev–Trinajstić information content (AvgIpc) is 2.64. The summed E-state index contributed by atoms with van der Waals surface area (Å²) < 4.78 is 28.7. The van der Waals surface area contributed by atoms with Crippen LogP contribution in [0.15, 0.2) is 34.2 Å². The molecule has 0 aromatic heterocycles. The van der Waals surface area contributed by atoms with E-state index in [1.54, 1.807) is 4.08 Å². The van der Waals surface area contributed by atoms with Crippen LogP contribution in [0.4, 0.5) is 4.39 Å². The summed E-state index contributed by atoms with van der Waals surface area (Å²) in [4.78, 5) is 0. The van der Waals surface area contributed by atoms with Crippen LogP contribution in [0.5, 0.6) is 0 Å². The Morgan fingerprint density at radius 2 is 1.68 bits per heavy atom. The lowest BCUT2D eigenvalue weighted by Gasteiger charge is -2.30. The molecule has 2 rings (SSSR count). The van der Waals surface area contributed by atoms with E-state index in [2.05, 4.69) is 31.2 Å². The maximum Gasteiger partial charge on any atom is 0.352 e. The van der Waals surface area contributed by atoms with Crippen LogP contribution in [0.1, 0.15) is 46.1 Å². The van der Waals surface area contributed by atoms with E-state index < -0.39 is 21.2 Å². The van der Waals surface area contributed by atoms with Gasteiger partial charge in [-0.05, 0) is 46.8 Å². The monoisotopic (exact) mass is 419 g/mol. The molecule has 2 nitrogen and oxygen atoms in total. The smallest absolute Gasteiger partial charge is 0.344 e. The Morgan fingerprint density at radius 1 is 1.14 bits per heavy atom. The molecule has 1 fully saturated rings. The highest BCUT2D eigenvalue weighted by atomic mass is 127. The maximum atomic E-state index is 14.0. The largest absolute Gasteiger partial charge is 0.352 e. The van der Waals surface area contributed by atoms with Crippen LogP contribution < -0.4 is 21.2 Å². The third-order valence-corrected chi connectivity index (χ3v) is 6.66. The van der Waals surface area contributed by atoms with Gasteiger partial charge in [-0.25, -0.2) is 4.39 Å². The summed E-state index contributed by atoms with van der Waals surface area (Å²) in [7, 11) is 0. The normalized spacial score (nSPS) is 21.3. The SMILES string of the molecule is Cc1ccc([I+]/C=C(\F)CCC2OC(C)(C)C(C)(C)O2)cc1. The molecule has 0 atom stereocenters. The molecule has 0 bridgehead atoms. The van der Waals surface area contributed by atoms with Crippen LogP contribution in [0.2, 0.25) is 0 Å². The Hall–Kier alpha value is -0.460. The van der Waals surface area contributed by atoms with Gasteiger partial charge in [0.25, 0.3) is 0 Å². The maximum absolute atomic E-state index is 14.0. The topological polar surface area (TPSA) is 18.5 Å². The fourth-order valence-electron chi connectivity index (χ4n) is 2.12. The number of rotatable bonds is 5. The van der Waals surface area contributed by atoms with Crippen molar-refractivity contribution in [1.29, 1.82) is 0 Å². The summed E-state index contributed by atoms with van der Waals surface area (Å²) in [5, 5.41) is 0. The molecule has 1 saturated heterocycles. The van der Waals surface area contributed by atoms with Gasteiger partial charge in [-0.15, -0.1) is 0 Å². The molecule has 1 heterocycles. The molecule has 1 aromatic rings. The molecule has 4 heteroatoms. The quantitative estimate of drug-likeness (QED) is 0.678. The molecular formula is C18H25FIO2+. The first-order chi connectivity index (χ1) is 10.2. The van der Waals surface area contributed by atoms with Crippen molar-refractivity contribution in [3.05, 3.63) is 43.3 Å². The summed E-state index contributed by atoms with van der Waals surface area (Å²) in [5.41, 5.74) is 0.553. The number of aryl methyl sites for hydroxylation is 1. The molecule has 22 heavy (non-hydrogen) atoms. The molecule has 0 aliphatic carbocycles. The minimum atomic E-state index is -0.409. The fourth-order valence-corrected chi connectivity index (χ4v) is 3.91. The van der Waals surface area contributed by atoms with Gasteiger partial charge in [0.05, 0.1) is 11.2 Å². The number of ether oxygens (including phenoxy) is 2. The van der Waals surface area contributed by atoms with Crippen LogP contribution in [-0.2, 0) is 9.47 Å². The second-order valence-electron chi connectivity index (χ2n) is 6.69. The van der Waals surface area contributed by atoms with E-state index >= 15 is 0 Å².